The lowest BCUT2D eigenvalue weighted by Crippen LogP contribution is -2.24. The Kier molecular flexibility index (Phi) is 7.86. The molecular formula is C31H23N3O4S2. The molecule has 9 heteroatoms. The van der Waals surface area contributed by atoms with Crippen molar-refractivity contribution in [3.8, 4) is 0 Å². The van der Waals surface area contributed by atoms with Crippen LogP contribution in [0.2, 0.25) is 0 Å². The number of anilines is 3. The summed E-state index contributed by atoms with van der Waals surface area (Å²) in [4.78, 5) is 51.3. The van der Waals surface area contributed by atoms with Crippen molar-refractivity contribution in [1.82, 2.24) is 0 Å². The van der Waals surface area contributed by atoms with Crippen LogP contribution in [-0.2, 0) is 4.79 Å². The van der Waals surface area contributed by atoms with E-state index in [4.69, 9.17) is 12.2 Å². The number of nitrogens with one attached hydrogen (secondary N) is 3. The van der Waals surface area contributed by atoms with Crippen LogP contribution in [0.3, 0.4) is 0 Å². The number of ketones is 3. The third-order valence-electron chi connectivity index (χ3n) is 6.24. The maximum absolute atomic E-state index is 13.2. The van der Waals surface area contributed by atoms with Gasteiger partial charge in [-0.15, -0.1) is 11.8 Å². The number of hydrogen-bond acceptors (Lipinski definition) is 6. The maximum Gasteiger partial charge on any atom is 0.234 e. The topological polar surface area (TPSA) is 104 Å². The first kappa shape index (κ1) is 27.0. The van der Waals surface area contributed by atoms with Crippen molar-refractivity contribution < 1.29 is 19.2 Å². The van der Waals surface area contributed by atoms with E-state index in [0.717, 1.165) is 16.3 Å². The van der Waals surface area contributed by atoms with Gasteiger partial charge in [0.1, 0.15) is 0 Å². The zero-order chi connectivity index (χ0) is 28.2. The van der Waals surface area contributed by atoms with Gasteiger partial charge in [0.2, 0.25) is 5.91 Å². The zero-order valence-corrected chi connectivity index (χ0v) is 22.9. The Morgan fingerprint density at radius 3 is 2.10 bits per heavy atom. The Morgan fingerprint density at radius 2 is 1.38 bits per heavy atom. The van der Waals surface area contributed by atoms with E-state index >= 15 is 0 Å². The molecule has 0 radical (unpaired) electrons. The molecule has 0 saturated heterocycles. The molecule has 4 aromatic carbocycles. The monoisotopic (exact) mass is 565 g/mol. The molecule has 3 N–H and O–H groups in total. The Morgan fingerprint density at radius 1 is 0.725 bits per heavy atom. The molecule has 0 atom stereocenters. The average Bonchev–Trinajstić information content (AvgIpc) is 2.95. The van der Waals surface area contributed by atoms with Gasteiger partial charge < -0.3 is 16.0 Å². The highest BCUT2D eigenvalue weighted by molar-refractivity contribution is 8.00. The summed E-state index contributed by atoms with van der Waals surface area (Å²) in [6, 6.07) is 26.1. The highest BCUT2D eigenvalue weighted by Crippen LogP contribution is 2.32. The number of Topliss-reactive ketones (excluding diaryl/α,β-unsaturated/α-hetero) is 1. The van der Waals surface area contributed by atoms with Gasteiger partial charge >= 0.3 is 0 Å². The second-order valence-electron chi connectivity index (χ2n) is 9.01. The van der Waals surface area contributed by atoms with Gasteiger partial charge in [-0.3, -0.25) is 19.2 Å². The van der Waals surface area contributed by atoms with Crippen LogP contribution >= 0.6 is 24.0 Å². The lowest BCUT2D eigenvalue weighted by Gasteiger charge is -2.20. The summed E-state index contributed by atoms with van der Waals surface area (Å²) in [6.07, 6.45) is 0. The van der Waals surface area contributed by atoms with Gasteiger partial charge in [-0.2, -0.15) is 0 Å². The molecule has 0 unspecified atom stereocenters. The summed E-state index contributed by atoms with van der Waals surface area (Å²) in [5, 5.41) is 9.38. The van der Waals surface area contributed by atoms with E-state index in [1.165, 1.54) is 18.7 Å². The number of amides is 1. The van der Waals surface area contributed by atoms with Crippen LogP contribution in [0.25, 0.3) is 0 Å². The predicted molar refractivity (Wildman–Crippen MR) is 162 cm³/mol. The fourth-order valence-electron chi connectivity index (χ4n) is 4.33. The highest BCUT2D eigenvalue weighted by Gasteiger charge is 2.31. The molecule has 198 valence electrons. The largest absolute Gasteiger partial charge is 0.332 e. The molecule has 0 bridgehead atoms. The summed E-state index contributed by atoms with van der Waals surface area (Å²) in [5.41, 5.74) is 3.63. The number of thiocarbonyl (C=S) groups is 1. The molecule has 1 amide bonds. The van der Waals surface area contributed by atoms with E-state index in [2.05, 4.69) is 16.0 Å². The van der Waals surface area contributed by atoms with Crippen LogP contribution in [0.15, 0.2) is 95.9 Å². The van der Waals surface area contributed by atoms with Gasteiger partial charge in [0.15, 0.2) is 22.5 Å². The Labute approximate surface area is 240 Å². The standard InChI is InChI=1S/C31H23N3O4S2/c1-18(35)19-12-14-20(15-13-19)32-31(39)33-21-6-4-7-22(16-21)40-17-27(36)34-26-11-5-10-25-28(26)30(38)24-9-3-2-8-23(24)29(25)37/h2-16H,17H2,1H3,(H,34,36)(H2,32,33,39). The van der Waals surface area contributed by atoms with Crippen molar-refractivity contribution in [3.05, 3.63) is 119 Å². The smallest absolute Gasteiger partial charge is 0.234 e. The summed E-state index contributed by atoms with van der Waals surface area (Å²) in [7, 11) is 0. The maximum atomic E-state index is 13.2. The molecule has 0 aromatic heterocycles. The van der Waals surface area contributed by atoms with Crippen LogP contribution in [-0.4, -0.2) is 34.1 Å². The van der Waals surface area contributed by atoms with Crippen molar-refractivity contribution in [2.24, 2.45) is 0 Å². The number of thioether (sulfide) groups is 1. The van der Waals surface area contributed by atoms with Crippen molar-refractivity contribution in [3.63, 3.8) is 0 Å². The summed E-state index contributed by atoms with van der Waals surface area (Å²) in [6.45, 7) is 1.51. The fourth-order valence-corrected chi connectivity index (χ4v) is 5.32. The van der Waals surface area contributed by atoms with Gasteiger partial charge in [0.05, 0.1) is 17.0 Å². The van der Waals surface area contributed by atoms with E-state index in [1.807, 2.05) is 24.3 Å². The first-order valence-electron chi connectivity index (χ1n) is 12.3. The quantitative estimate of drug-likeness (QED) is 0.122. The molecule has 0 spiro atoms. The molecule has 0 heterocycles. The first-order valence-corrected chi connectivity index (χ1v) is 13.7. The van der Waals surface area contributed by atoms with Crippen molar-refractivity contribution in [2.45, 2.75) is 11.8 Å². The van der Waals surface area contributed by atoms with Crippen molar-refractivity contribution >= 4 is 69.4 Å². The van der Waals surface area contributed by atoms with Gasteiger partial charge in [0, 0.05) is 38.5 Å². The third kappa shape index (κ3) is 5.85. The predicted octanol–water partition coefficient (Wildman–Crippen LogP) is 6.20. The van der Waals surface area contributed by atoms with Gasteiger partial charge in [0.25, 0.3) is 0 Å². The second-order valence-corrected chi connectivity index (χ2v) is 10.5. The van der Waals surface area contributed by atoms with E-state index < -0.39 is 0 Å². The minimum absolute atomic E-state index is 0.00672. The molecule has 4 aromatic rings. The van der Waals surface area contributed by atoms with Crippen LogP contribution in [0.5, 0.6) is 0 Å². The van der Waals surface area contributed by atoms with E-state index in [9.17, 15) is 19.2 Å². The average molecular weight is 566 g/mol. The number of rotatable bonds is 7. The minimum Gasteiger partial charge on any atom is -0.332 e. The SMILES string of the molecule is CC(=O)c1ccc(NC(=S)Nc2cccc(SCC(=O)Nc3cccc4c3C(=O)c3ccccc3C4=O)c2)cc1. The van der Waals surface area contributed by atoms with Crippen LogP contribution < -0.4 is 16.0 Å². The number of fused-ring (bicyclic) bond motifs is 2. The Hall–Kier alpha value is -4.60. The molecular weight excluding hydrogens is 542 g/mol. The Bertz CT molecular complexity index is 1680. The van der Waals surface area contributed by atoms with Gasteiger partial charge in [-0.25, -0.2) is 0 Å². The van der Waals surface area contributed by atoms with Crippen LogP contribution in [0.1, 0.15) is 49.1 Å². The number of hydrogen-bond donors (Lipinski definition) is 3. The summed E-state index contributed by atoms with van der Waals surface area (Å²) >= 11 is 6.73. The Balaban J connectivity index is 1.20. The molecule has 40 heavy (non-hydrogen) atoms. The fraction of sp³-hybridized carbons (Fsp3) is 0.0645. The third-order valence-corrected chi connectivity index (χ3v) is 7.44. The van der Waals surface area contributed by atoms with Crippen molar-refractivity contribution in [2.75, 3.05) is 21.7 Å². The zero-order valence-electron chi connectivity index (χ0n) is 21.3. The molecule has 0 aliphatic heterocycles. The first-order chi connectivity index (χ1) is 19.3. The van der Waals surface area contributed by atoms with Crippen LogP contribution in [0, 0.1) is 0 Å². The molecule has 5 rings (SSSR count). The summed E-state index contributed by atoms with van der Waals surface area (Å²) in [5.74, 6) is -0.737. The number of carbonyl (C=O) groups excluding carboxylic acids is 4. The molecule has 0 saturated carbocycles. The normalized spacial score (nSPS) is 11.7. The minimum atomic E-state index is -0.304. The van der Waals surface area contributed by atoms with E-state index in [-0.39, 0.29) is 40.1 Å². The highest BCUT2D eigenvalue weighted by atomic mass is 32.2. The second kappa shape index (κ2) is 11.6. The van der Waals surface area contributed by atoms with E-state index in [0.29, 0.717) is 27.5 Å². The lowest BCUT2D eigenvalue weighted by molar-refractivity contribution is -0.113. The van der Waals surface area contributed by atoms with Crippen molar-refractivity contribution in [1.29, 1.82) is 0 Å². The van der Waals surface area contributed by atoms with Crippen LogP contribution in [0.4, 0.5) is 17.1 Å². The molecule has 1 aliphatic carbocycles. The van der Waals surface area contributed by atoms with Gasteiger partial charge in [-0.1, -0.05) is 42.5 Å². The molecule has 1 aliphatic rings. The molecule has 7 nitrogen and oxygen atoms in total. The van der Waals surface area contributed by atoms with E-state index in [1.54, 1.807) is 66.7 Å². The number of benzene rings is 4. The summed E-state index contributed by atoms with van der Waals surface area (Å²) < 4.78 is 0. The van der Waals surface area contributed by atoms with Gasteiger partial charge in [-0.05, 0) is 67.7 Å². The lowest BCUT2D eigenvalue weighted by atomic mass is 9.83. The number of carbonyl (C=O) groups is 4. The molecule has 0 fully saturated rings.